The minimum atomic E-state index is -0.333. The first-order chi connectivity index (χ1) is 10.4. The average molecular weight is 641 g/mol. The minimum Gasteiger partial charge on any atom is 0 e. The Balaban J connectivity index is -0.0000000309. The monoisotopic (exact) mass is 644 g/mol. The molecule has 0 atom stereocenters. The summed E-state index contributed by atoms with van der Waals surface area (Å²) in [5.41, 5.74) is 0. The number of rotatable bonds is 0. The second-order valence-electron chi connectivity index (χ2n) is 8.37. The predicted octanol–water partition coefficient (Wildman–Crippen LogP) is 8.17. The van der Waals surface area contributed by atoms with E-state index in [-0.39, 0.29) is 48.2 Å². The molecule has 162 valence electrons. The van der Waals surface area contributed by atoms with Crippen molar-refractivity contribution in [2.45, 2.75) is 34.5 Å². The molecule has 0 fully saturated rings. The molecule has 2 radical (unpaired) electrons. The first kappa shape index (κ1) is 46.6. The maximum atomic E-state index is 2.33. The standard InChI is InChI=1S/2C3H9Ge.4C3H9P.Ru/c6*1-4(2)3;/h6*1-3H3;. The molecular formula is C18H54Ge2P4Ru. The van der Waals surface area contributed by atoms with E-state index in [1.54, 1.807) is 0 Å². The Morgan fingerprint density at radius 1 is 0.320 bits per heavy atom. The molecule has 0 heterocycles. The smallest absolute Gasteiger partial charge is 0 e. The van der Waals surface area contributed by atoms with Gasteiger partial charge in [0.25, 0.3) is 0 Å². The molecule has 7 heteroatoms. The third kappa shape index (κ3) is 1510. The fourth-order valence-corrected chi connectivity index (χ4v) is 0. The molecule has 0 aliphatic carbocycles. The third-order valence-corrected chi connectivity index (χ3v) is 0. The normalized spacial score (nSPS) is 8.64. The summed E-state index contributed by atoms with van der Waals surface area (Å²) in [5, 5.41) is 0. The van der Waals surface area contributed by atoms with E-state index in [2.05, 4.69) is 115 Å². The maximum Gasteiger partial charge on any atom is 0 e. The second-order valence-corrected chi connectivity index (χ2v) is 31.7. The summed E-state index contributed by atoms with van der Waals surface area (Å²) in [6, 6.07) is 0. The SMILES string of the molecule is CP(C)C.CP(C)C.CP(C)C.CP(C)C.[CH3][Ge]([CH3])[CH3].[CH3][Ge]([CH3])[CH3].[Ru]. The van der Waals surface area contributed by atoms with Crippen LogP contribution in [0.3, 0.4) is 0 Å². The van der Waals surface area contributed by atoms with Crippen molar-refractivity contribution < 1.29 is 19.5 Å². The molecule has 0 spiro atoms. The van der Waals surface area contributed by atoms with Crippen molar-refractivity contribution in [2.24, 2.45) is 0 Å². The molecular weight excluding hydrogens is 586 g/mol. The molecule has 0 rings (SSSR count). The van der Waals surface area contributed by atoms with Crippen LogP contribution in [0.5, 0.6) is 0 Å². The van der Waals surface area contributed by atoms with E-state index in [1.165, 1.54) is 0 Å². The quantitative estimate of drug-likeness (QED) is 0.185. The average Bonchev–Trinajstić information content (AvgIpc) is 2.08. The largest absolute Gasteiger partial charge is 0 e. The van der Waals surface area contributed by atoms with Gasteiger partial charge in [-0.25, -0.2) is 0 Å². The van der Waals surface area contributed by atoms with Gasteiger partial charge in [0.1, 0.15) is 0 Å². The molecule has 0 aliphatic rings. The number of hydrogen-bond donors (Lipinski definition) is 0. The van der Waals surface area contributed by atoms with Gasteiger partial charge < -0.3 is 0 Å². The van der Waals surface area contributed by atoms with E-state index < -0.39 is 0 Å². The van der Waals surface area contributed by atoms with E-state index in [4.69, 9.17) is 0 Å². The molecule has 0 N–H and O–H groups in total. The van der Waals surface area contributed by atoms with Crippen LogP contribution in [-0.4, -0.2) is 109 Å². The number of hydrogen-bond acceptors (Lipinski definition) is 0. The topological polar surface area (TPSA) is 0 Å². The van der Waals surface area contributed by atoms with Crippen molar-refractivity contribution in [2.75, 3.05) is 80.0 Å². The van der Waals surface area contributed by atoms with Gasteiger partial charge in [-0.1, -0.05) is 0 Å². The van der Waals surface area contributed by atoms with Crippen LogP contribution in [0.25, 0.3) is 0 Å². The molecule has 0 aromatic rings. The minimum absolute atomic E-state index is 0. The van der Waals surface area contributed by atoms with Crippen LogP contribution in [0.1, 0.15) is 0 Å². The molecule has 0 aliphatic heterocycles. The Labute approximate surface area is 193 Å². The third-order valence-electron chi connectivity index (χ3n) is 0. The van der Waals surface area contributed by atoms with Crippen LogP contribution in [0, 0.1) is 0 Å². The van der Waals surface area contributed by atoms with Crippen LogP contribution in [0.15, 0.2) is 0 Å². The Morgan fingerprint density at radius 2 is 0.320 bits per heavy atom. The molecule has 0 amide bonds. The Bertz CT molecular complexity index is 106. The van der Waals surface area contributed by atoms with Gasteiger partial charge in [0.15, 0.2) is 0 Å². The van der Waals surface area contributed by atoms with Gasteiger partial charge in [-0.05, 0) is 80.0 Å². The van der Waals surface area contributed by atoms with E-state index in [0.29, 0.717) is 31.7 Å². The van der Waals surface area contributed by atoms with Crippen LogP contribution in [0.2, 0.25) is 34.5 Å². The molecule has 0 unspecified atom stereocenters. The van der Waals surface area contributed by atoms with Crippen molar-refractivity contribution in [3.8, 4) is 0 Å². The Morgan fingerprint density at radius 3 is 0.320 bits per heavy atom. The van der Waals surface area contributed by atoms with Gasteiger partial charge in [0.05, 0.1) is 0 Å². The predicted molar refractivity (Wildman–Crippen MR) is 145 cm³/mol. The molecule has 0 aromatic heterocycles. The summed E-state index contributed by atoms with van der Waals surface area (Å²) in [6.07, 6.45) is 0. The van der Waals surface area contributed by atoms with Gasteiger partial charge in [-0.15, -0.1) is 31.7 Å². The first-order valence-corrected chi connectivity index (χ1v) is 31.7. The van der Waals surface area contributed by atoms with Gasteiger partial charge >= 0.3 is 63.2 Å². The molecule has 0 saturated heterocycles. The van der Waals surface area contributed by atoms with E-state index in [9.17, 15) is 0 Å². The first-order valence-electron chi connectivity index (χ1n) is 8.37. The van der Waals surface area contributed by atoms with Crippen molar-refractivity contribution in [3.05, 3.63) is 0 Å². The van der Waals surface area contributed by atoms with Crippen LogP contribution < -0.4 is 0 Å². The van der Waals surface area contributed by atoms with Crippen molar-refractivity contribution in [1.82, 2.24) is 0 Å². The second kappa shape index (κ2) is 41.7. The molecule has 0 nitrogen and oxygen atoms in total. The summed E-state index contributed by atoms with van der Waals surface area (Å²) in [7, 11) is 1.52. The molecule has 0 bridgehead atoms. The summed E-state index contributed by atoms with van der Waals surface area (Å²) >= 11 is -0.667. The summed E-state index contributed by atoms with van der Waals surface area (Å²) in [5.74, 6) is 14.0. The van der Waals surface area contributed by atoms with Crippen LogP contribution in [0.4, 0.5) is 0 Å². The van der Waals surface area contributed by atoms with Crippen molar-refractivity contribution in [3.63, 3.8) is 0 Å². The van der Waals surface area contributed by atoms with E-state index in [0.717, 1.165) is 0 Å². The van der Waals surface area contributed by atoms with Gasteiger partial charge in [-0.2, -0.15) is 0 Å². The summed E-state index contributed by atoms with van der Waals surface area (Å²) in [4.78, 5) is 0. The Kier molecular flexibility index (Phi) is 77.7. The summed E-state index contributed by atoms with van der Waals surface area (Å²) < 4.78 is 0. The van der Waals surface area contributed by atoms with Gasteiger partial charge in [0.2, 0.25) is 0 Å². The summed E-state index contributed by atoms with van der Waals surface area (Å²) in [6.45, 7) is 26.8. The zero-order chi connectivity index (χ0) is 21.5. The van der Waals surface area contributed by atoms with Crippen LogP contribution >= 0.6 is 31.7 Å². The Hall–Kier alpha value is 3.43. The van der Waals surface area contributed by atoms with Gasteiger partial charge in [0, 0.05) is 19.5 Å². The molecule has 0 aromatic carbocycles. The van der Waals surface area contributed by atoms with Crippen molar-refractivity contribution >= 4 is 60.4 Å². The van der Waals surface area contributed by atoms with Gasteiger partial charge in [-0.3, -0.25) is 0 Å². The van der Waals surface area contributed by atoms with E-state index >= 15 is 0 Å². The zero-order valence-electron chi connectivity index (χ0n) is 21.1. The van der Waals surface area contributed by atoms with E-state index in [1.807, 2.05) is 0 Å². The van der Waals surface area contributed by atoms with Crippen LogP contribution in [-0.2, 0) is 19.5 Å². The molecule has 0 saturated carbocycles. The molecule has 25 heavy (non-hydrogen) atoms. The fourth-order valence-electron chi connectivity index (χ4n) is 0. The van der Waals surface area contributed by atoms with Crippen molar-refractivity contribution in [1.29, 1.82) is 0 Å². The zero-order valence-corrected chi connectivity index (χ0v) is 30.7. The fraction of sp³-hybridized carbons (Fsp3) is 1.00. The maximum absolute atomic E-state index is 2.33.